The molecule has 0 aromatic heterocycles. The number of aliphatic hydroxyl groups is 1. The fourth-order valence-electron chi connectivity index (χ4n) is 2.63. The zero-order valence-corrected chi connectivity index (χ0v) is 16.7. The van der Waals surface area contributed by atoms with Crippen molar-refractivity contribution in [3.8, 4) is 11.5 Å². The Morgan fingerprint density at radius 1 is 1.07 bits per heavy atom. The standard InChI is InChI=1S/C21H28ClNO4/c1-3-26-20-13-18(14-23-7-9-25-10-8-24)12-19(22)21(20)27-15-17-6-4-5-16(2)11-17/h4-6,11-13,23-24H,3,7-10,14-15H2,1-2H3. The highest BCUT2D eigenvalue weighted by Gasteiger charge is 2.13. The first-order valence-electron chi connectivity index (χ1n) is 9.17. The third-order valence-corrected chi connectivity index (χ3v) is 4.10. The molecule has 0 radical (unpaired) electrons. The number of ether oxygens (including phenoxy) is 3. The van der Waals surface area contributed by atoms with Crippen molar-refractivity contribution in [1.29, 1.82) is 0 Å². The van der Waals surface area contributed by atoms with Gasteiger partial charge in [0.1, 0.15) is 6.61 Å². The van der Waals surface area contributed by atoms with Gasteiger partial charge in [0.05, 0.1) is 31.5 Å². The van der Waals surface area contributed by atoms with Crippen molar-refractivity contribution < 1.29 is 19.3 Å². The van der Waals surface area contributed by atoms with Gasteiger partial charge in [-0.1, -0.05) is 41.4 Å². The van der Waals surface area contributed by atoms with Crippen molar-refractivity contribution >= 4 is 11.6 Å². The molecule has 0 saturated carbocycles. The lowest BCUT2D eigenvalue weighted by Crippen LogP contribution is -2.20. The van der Waals surface area contributed by atoms with Gasteiger partial charge < -0.3 is 24.6 Å². The quantitative estimate of drug-likeness (QED) is 0.538. The van der Waals surface area contributed by atoms with Crippen LogP contribution in [0.25, 0.3) is 0 Å². The SMILES string of the molecule is CCOc1cc(CNCCOCCO)cc(Cl)c1OCc1cccc(C)c1. The molecule has 0 unspecified atom stereocenters. The summed E-state index contributed by atoms with van der Waals surface area (Å²) in [5.41, 5.74) is 3.28. The molecule has 0 amide bonds. The van der Waals surface area contributed by atoms with Gasteiger partial charge in [-0.2, -0.15) is 0 Å². The van der Waals surface area contributed by atoms with E-state index in [2.05, 4.69) is 24.4 Å². The number of hydrogen-bond donors (Lipinski definition) is 2. The number of nitrogens with one attached hydrogen (secondary N) is 1. The van der Waals surface area contributed by atoms with Crippen molar-refractivity contribution in [2.45, 2.75) is 27.0 Å². The largest absolute Gasteiger partial charge is 0.490 e. The summed E-state index contributed by atoms with van der Waals surface area (Å²) in [4.78, 5) is 0. The number of hydrogen-bond acceptors (Lipinski definition) is 5. The van der Waals surface area contributed by atoms with Crippen molar-refractivity contribution in [3.05, 3.63) is 58.1 Å². The summed E-state index contributed by atoms with van der Waals surface area (Å²) in [7, 11) is 0. The lowest BCUT2D eigenvalue weighted by molar-refractivity contribution is 0.0938. The average molecular weight is 394 g/mol. The summed E-state index contributed by atoms with van der Waals surface area (Å²) >= 11 is 6.46. The molecular weight excluding hydrogens is 366 g/mol. The Morgan fingerprint density at radius 3 is 2.67 bits per heavy atom. The predicted molar refractivity (Wildman–Crippen MR) is 108 cm³/mol. The van der Waals surface area contributed by atoms with Crippen LogP contribution in [0.5, 0.6) is 11.5 Å². The third kappa shape index (κ3) is 7.39. The van der Waals surface area contributed by atoms with E-state index < -0.39 is 0 Å². The number of benzene rings is 2. The molecule has 6 heteroatoms. The summed E-state index contributed by atoms with van der Waals surface area (Å²) in [5, 5.41) is 12.5. The molecule has 2 N–H and O–H groups in total. The Labute approximate surface area is 166 Å². The van der Waals surface area contributed by atoms with E-state index in [1.54, 1.807) is 0 Å². The second-order valence-electron chi connectivity index (χ2n) is 6.13. The van der Waals surface area contributed by atoms with Gasteiger partial charge in [0.2, 0.25) is 0 Å². The number of rotatable bonds is 12. The van der Waals surface area contributed by atoms with Crippen LogP contribution in [0.15, 0.2) is 36.4 Å². The van der Waals surface area contributed by atoms with Crippen LogP contribution in [0, 0.1) is 6.92 Å². The van der Waals surface area contributed by atoms with E-state index in [0.29, 0.717) is 56.0 Å². The molecule has 2 aromatic rings. The van der Waals surface area contributed by atoms with E-state index in [4.69, 9.17) is 30.9 Å². The Hall–Kier alpha value is -1.79. The van der Waals surface area contributed by atoms with Crippen molar-refractivity contribution in [1.82, 2.24) is 5.32 Å². The van der Waals surface area contributed by atoms with E-state index >= 15 is 0 Å². The van der Waals surface area contributed by atoms with Gasteiger partial charge in [-0.3, -0.25) is 0 Å². The molecule has 5 nitrogen and oxygen atoms in total. The maximum absolute atomic E-state index is 8.68. The van der Waals surface area contributed by atoms with Crippen molar-refractivity contribution in [2.75, 3.05) is 33.0 Å². The topological polar surface area (TPSA) is 60.0 Å². The van der Waals surface area contributed by atoms with Crippen LogP contribution in [0.1, 0.15) is 23.6 Å². The minimum absolute atomic E-state index is 0.0390. The molecule has 0 atom stereocenters. The summed E-state index contributed by atoms with van der Waals surface area (Å²) in [5.74, 6) is 1.21. The molecule has 0 fully saturated rings. The van der Waals surface area contributed by atoms with Gasteiger partial charge in [-0.25, -0.2) is 0 Å². The van der Waals surface area contributed by atoms with Crippen LogP contribution in [0.4, 0.5) is 0 Å². The Morgan fingerprint density at radius 2 is 1.93 bits per heavy atom. The smallest absolute Gasteiger partial charge is 0.180 e. The van der Waals surface area contributed by atoms with Crippen LogP contribution in [-0.2, 0) is 17.9 Å². The Balaban J connectivity index is 1.99. The van der Waals surface area contributed by atoms with E-state index in [1.165, 1.54) is 5.56 Å². The normalized spacial score (nSPS) is 10.8. The molecule has 27 heavy (non-hydrogen) atoms. The molecule has 0 aliphatic rings. The Kier molecular flexibility index (Phi) is 9.42. The highest BCUT2D eigenvalue weighted by Crippen LogP contribution is 2.37. The fraction of sp³-hybridized carbons (Fsp3) is 0.429. The number of halogens is 1. The highest BCUT2D eigenvalue weighted by molar-refractivity contribution is 6.32. The summed E-state index contributed by atoms with van der Waals surface area (Å²) in [6.45, 7) is 7.22. The lowest BCUT2D eigenvalue weighted by Gasteiger charge is -2.16. The van der Waals surface area contributed by atoms with Crippen molar-refractivity contribution in [2.24, 2.45) is 0 Å². The van der Waals surface area contributed by atoms with Crippen LogP contribution in [-0.4, -0.2) is 38.1 Å². The molecular formula is C21H28ClNO4. The molecule has 0 heterocycles. The first-order valence-corrected chi connectivity index (χ1v) is 9.54. The van der Waals surface area contributed by atoms with Gasteiger partial charge in [-0.15, -0.1) is 0 Å². The van der Waals surface area contributed by atoms with Crippen LogP contribution < -0.4 is 14.8 Å². The third-order valence-electron chi connectivity index (χ3n) is 3.82. The van der Waals surface area contributed by atoms with Gasteiger partial charge >= 0.3 is 0 Å². The average Bonchev–Trinajstić information content (AvgIpc) is 2.64. The maximum Gasteiger partial charge on any atom is 0.180 e. The van der Waals surface area contributed by atoms with Gasteiger partial charge in [0.25, 0.3) is 0 Å². The second kappa shape index (κ2) is 11.8. The molecule has 148 valence electrons. The first-order chi connectivity index (χ1) is 13.1. The first kappa shape index (κ1) is 21.5. The summed E-state index contributed by atoms with van der Waals surface area (Å²) < 4.78 is 16.9. The second-order valence-corrected chi connectivity index (χ2v) is 6.54. The van der Waals surface area contributed by atoms with E-state index in [-0.39, 0.29) is 6.61 Å². The maximum atomic E-state index is 8.68. The molecule has 0 aliphatic carbocycles. The van der Waals surface area contributed by atoms with E-state index in [9.17, 15) is 0 Å². The summed E-state index contributed by atoms with van der Waals surface area (Å²) in [6, 6.07) is 12.0. The molecule has 0 saturated heterocycles. The van der Waals surface area contributed by atoms with Crippen LogP contribution >= 0.6 is 11.6 Å². The molecule has 2 aromatic carbocycles. The lowest BCUT2D eigenvalue weighted by atomic mass is 10.1. The zero-order chi connectivity index (χ0) is 19.5. The minimum Gasteiger partial charge on any atom is -0.490 e. The van der Waals surface area contributed by atoms with Crippen molar-refractivity contribution in [3.63, 3.8) is 0 Å². The molecule has 0 bridgehead atoms. The number of aryl methyl sites for hydroxylation is 1. The fourth-order valence-corrected chi connectivity index (χ4v) is 2.92. The highest BCUT2D eigenvalue weighted by atomic mass is 35.5. The minimum atomic E-state index is 0.0390. The number of aliphatic hydroxyl groups excluding tert-OH is 1. The zero-order valence-electron chi connectivity index (χ0n) is 16.0. The molecule has 2 rings (SSSR count). The molecule has 0 spiro atoms. The monoisotopic (exact) mass is 393 g/mol. The molecule has 0 aliphatic heterocycles. The van der Waals surface area contributed by atoms with Crippen LogP contribution in [0.2, 0.25) is 5.02 Å². The Bertz CT molecular complexity index is 709. The van der Waals surface area contributed by atoms with Gasteiger partial charge in [0, 0.05) is 13.1 Å². The van der Waals surface area contributed by atoms with Gasteiger partial charge in [0.15, 0.2) is 11.5 Å². The van der Waals surface area contributed by atoms with Crippen LogP contribution in [0.3, 0.4) is 0 Å². The van der Waals surface area contributed by atoms with Gasteiger partial charge in [-0.05, 0) is 37.1 Å². The summed E-state index contributed by atoms with van der Waals surface area (Å²) in [6.07, 6.45) is 0. The predicted octanol–water partition coefficient (Wildman–Crippen LogP) is 3.72. The van der Waals surface area contributed by atoms with E-state index in [1.807, 2.05) is 31.2 Å². The van der Waals surface area contributed by atoms with E-state index in [0.717, 1.165) is 11.1 Å².